The van der Waals surface area contributed by atoms with Crippen LogP contribution in [0.5, 0.6) is 0 Å². The van der Waals surface area contributed by atoms with Gasteiger partial charge in [-0.3, -0.25) is 9.59 Å². The Balaban J connectivity index is 1.59. The molecule has 1 N–H and O–H groups in total. The second-order valence-electron chi connectivity index (χ2n) is 6.51. The summed E-state index contributed by atoms with van der Waals surface area (Å²) in [7, 11) is 1.35. The number of thiophene rings is 1. The third-order valence-electron chi connectivity index (χ3n) is 4.71. The van der Waals surface area contributed by atoms with Crippen LogP contribution < -0.4 is 5.32 Å². The molecule has 0 aliphatic carbocycles. The number of carbonyl (C=O) groups excluding carboxylic acids is 2. The maximum atomic E-state index is 12.8. The average molecular weight is 393 g/mol. The second-order valence-corrected chi connectivity index (χ2v) is 7.49. The summed E-state index contributed by atoms with van der Waals surface area (Å²) in [6, 6.07) is 15.3. The molecular weight excluding hydrogens is 374 g/mol. The van der Waals surface area contributed by atoms with Crippen LogP contribution in [0.25, 0.3) is 21.7 Å². The zero-order chi connectivity index (χ0) is 19.5. The molecule has 28 heavy (non-hydrogen) atoms. The van der Waals surface area contributed by atoms with E-state index in [2.05, 4.69) is 5.32 Å². The summed E-state index contributed by atoms with van der Waals surface area (Å²) in [5.41, 5.74) is 1.58. The standard InChI is InChI=1S/C22H19NO4S/c1-26-21(25)12-17(19-7-4-10-28-19)23-20(24)11-15-13-27-18-9-8-14-5-2-3-6-16(14)22(15)18/h2-10,13,17H,11-12H2,1H3,(H,23,24). The van der Waals surface area contributed by atoms with Crippen LogP contribution in [0.1, 0.15) is 22.9 Å². The molecule has 0 bridgehead atoms. The molecule has 2 heterocycles. The first-order chi connectivity index (χ1) is 13.7. The number of methoxy groups -OCH3 is 1. The lowest BCUT2D eigenvalue weighted by molar-refractivity contribution is -0.141. The summed E-state index contributed by atoms with van der Waals surface area (Å²) in [5, 5.41) is 7.99. The molecule has 0 fully saturated rings. The van der Waals surface area contributed by atoms with Crippen molar-refractivity contribution in [3.8, 4) is 0 Å². The normalized spacial score (nSPS) is 12.2. The van der Waals surface area contributed by atoms with E-state index in [1.165, 1.54) is 18.4 Å². The van der Waals surface area contributed by atoms with Gasteiger partial charge in [0.15, 0.2) is 0 Å². The molecule has 4 rings (SSSR count). The van der Waals surface area contributed by atoms with E-state index < -0.39 is 6.04 Å². The first kappa shape index (κ1) is 18.3. The minimum absolute atomic E-state index is 0.0951. The lowest BCUT2D eigenvalue weighted by Crippen LogP contribution is -2.31. The van der Waals surface area contributed by atoms with Crippen LogP contribution in [0.3, 0.4) is 0 Å². The molecule has 1 unspecified atom stereocenters. The van der Waals surface area contributed by atoms with Crippen LogP contribution in [-0.2, 0) is 20.7 Å². The summed E-state index contributed by atoms with van der Waals surface area (Å²) in [6.07, 6.45) is 1.90. The highest BCUT2D eigenvalue weighted by Crippen LogP contribution is 2.30. The molecule has 1 atom stereocenters. The van der Waals surface area contributed by atoms with E-state index in [9.17, 15) is 9.59 Å². The number of esters is 1. The summed E-state index contributed by atoms with van der Waals surface area (Å²) >= 11 is 1.50. The Morgan fingerprint density at radius 3 is 2.79 bits per heavy atom. The third-order valence-corrected chi connectivity index (χ3v) is 5.70. The number of benzene rings is 2. The van der Waals surface area contributed by atoms with Gasteiger partial charge < -0.3 is 14.5 Å². The molecule has 0 saturated carbocycles. The average Bonchev–Trinajstić information content (AvgIpc) is 3.38. The minimum Gasteiger partial charge on any atom is -0.469 e. The summed E-state index contributed by atoms with van der Waals surface area (Å²) < 4.78 is 10.4. The number of furan rings is 1. The van der Waals surface area contributed by atoms with Crippen molar-refractivity contribution in [2.75, 3.05) is 7.11 Å². The van der Waals surface area contributed by atoms with E-state index in [4.69, 9.17) is 9.15 Å². The van der Waals surface area contributed by atoms with Crippen molar-refractivity contribution < 1.29 is 18.7 Å². The molecule has 4 aromatic rings. The lowest BCUT2D eigenvalue weighted by atomic mass is 10.0. The summed E-state index contributed by atoms with van der Waals surface area (Å²) in [4.78, 5) is 25.4. The van der Waals surface area contributed by atoms with Crippen molar-refractivity contribution in [1.29, 1.82) is 0 Å². The number of hydrogen-bond acceptors (Lipinski definition) is 5. The number of amides is 1. The first-order valence-electron chi connectivity index (χ1n) is 8.93. The van der Waals surface area contributed by atoms with E-state index in [1.807, 2.05) is 53.9 Å². The first-order valence-corrected chi connectivity index (χ1v) is 9.81. The molecule has 0 saturated heterocycles. The van der Waals surface area contributed by atoms with Crippen molar-refractivity contribution in [2.24, 2.45) is 0 Å². The van der Waals surface area contributed by atoms with Gasteiger partial charge in [-0.25, -0.2) is 0 Å². The van der Waals surface area contributed by atoms with E-state index in [0.717, 1.165) is 32.2 Å². The Labute approximate surface area is 165 Å². The van der Waals surface area contributed by atoms with Crippen molar-refractivity contribution in [1.82, 2.24) is 5.32 Å². The van der Waals surface area contributed by atoms with E-state index in [0.29, 0.717) is 0 Å². The van der Waals surface area contributed by atoms with Crippen LogP contribution in [0.15, 0.2) is 64.6 Å². The lowest BCUT2D eigenvalue weighted by Gasteiger charge is -2.16. The number of nitrogens with one attached hydrogen (secondary N) is 1. The van der Waals surface area contributed by atoms with Gasteiger partial charge in [-0.05, 0) is 28.3 Å². The predicted molar refractivity (Wildman–Crippen MR) is 109 cm³/mol. The number of fused-ring (bicyclic) bond motifs is 3. The van der Waals surface area contributed by atoms with E-state index in [1.54, 1.807) is 6.26 Å². The topological polar surface area (TPSA) is 68.5 Å². The molecule has 5 nitrogen and oxygen atoms in total. The van der Waals surface area contributed by atoms with Gasteiger partial charge in [-0.1, -0.05) is 36.4 Å². The van der Waals surface area contributed by atoms with E-state index >= 15 is 0 Å². The Morgan fingerprint density at radius 1 is 1.14 bits per heavy atom. The zero-order valence-corrected chi connectivity index (χ0v) is 16.1. The number of ether oxygens (including phenoxy) is 1. The van der Waals surface area contributed by atoms with Crippen molar-refractivity contribution >= 4 is 45.0 Å². The van der Waals surface area contributed by atoms with Crippen molar-refractivity contribution in [2.45, 2.75) is 18.9 Å². The van der Waals surface area contributed by atoms with Crippen LogP contribution in [0, 0.1) is 0 Å². The maximum absolute atomic E-state index is 12.8. The van der Waals surface area contributed by atoms with Gasteiger partial charge >= 0.3 is 5.97 Å². The van der Waals surface area contributed by atoms with Gasteiger partial charge in [0, 0.05) is 15.8 Å². The van der Waals surface area contributed by atoms with Crippen LogP contribution in [-0.4, -0.2) is 19.0 Å². The summed E-state index contributed by atoms with van der Waals surface area (Å²) in [5.74, 6) is -0.531. The SMILES string of the molecule is COC(=O)CC(NC(=O)Cc1coc2ccc3ccccc3c12)c1cccs1. The predicted octanol–water partition coefficient (Wildman–Crippen LogP) is 4.61. The Hall–Kier alpha value is -3.12. The van der Waals surface area contributed by atoms with Crippen LogP contribution in [0.4, 0.5) is 0 Å². The Morgan fingerprint density at radius 2 is 2.00 bits per heavy atom. The Kier molecular flexibility index (Phi) is 5.12. The molecule has 142 valence electrons. The van der Waals surface area contributed by atoms with Gasteiger partial charge in [0.25, 0.3) is 0 Å². The molecule has 0 radical (unpaired) electrons. The highest BCUT2D eigenvalue weighted by atomic mass is 32.1. The van der Waals surface area contributed by atoms with Crippen LogP contribution in [0.2, 0.25) is 0 Å². The van der Waals surface area contributed by atoms with Gasteiger partial charge in [-0.2, -0.15) is 0 Å². The fraction of sp³-hybridized carbons (Fsp3) is 0.182. The molecule has 2 aromatic heterocycles. The highest BCUT2D eigenvalue weighted by molar-refractivity contribution is 7.10. The quantitative estimate of drug-likeness (QED) is 0.486. The number of hydrogen-bond donors (Lipinski definition) is 1. The number of rotatable bonds is 6. The van der Waals surface area contributed by atoms with Crippen molar-refractivity contribution in [3.63, 3.8) is 0 Å². The fourth-order valence-electron chi connectivity index (χ4n) is 3.39. The van der Waals surface area contributed by atoms with Gasteiger partial charge in [0.1, 0.15) is 5.58 Å². The molecular formula is C22H19NO4S. The molecule has 0 aliphatic heterocycles. The van der Waals surface area contributed by atoms with Crippen LogP contribution >= 0.6 is 11.3 Å². The smallest absolute Gasteiger partial charge is 0.307 e. The molecule has 1 amide bonds. The molecule has 0 aliphatic rings. The second kappa shape index (κ2) is 7.86. The molecule has 6 heteroatoms. The number of carbonyl (C=O) groups is 2. The van der Waals surface area contributed by atoms with Gasteiger partial charge in [-0.15, -0.1) is 11.3 Å². The monoisotopic (exact) mass is 393 g/mol. The highest BCUT2D eigenvalue weighted by Gasteiger charge is 2.21. The van der Waals surface area contributed by atoms with E-state index in [-0.39, 0.29) is 24.7 Å². The molecule has 0 spiro atoms. The zero-order valence-electron chi connectivity index (χ0n) is 15.3. The molecule has 2 aromatic carbocycles. The minimum atomic E-state index is -0.408. The van der Waals surface area contributed by atoms with Crippen molar-refractivity contribution in [3.05, 3.63) is 70.6 Å². The third kappa shape index (κ3) is 3.64. The maximum Gasteiger partial charge on any atom is 0.307 e. The fourth-order valence-corrected chi connectivity index (χ4v) is 4.16. The summed E-state index contributed by atoms with van der Waals surface area (Å²) in [6.45, 7) is 0. The van der Waals surface area contributed by atoms with Gasteiger partial charge in [0.05, 0.1) is 32.3 Å². The Bertz CT molecular complexity index is 1130. The largest absolute Gasteiger partial charge is 0.469 e. The van der Waals surface area contributed by atoms with Gasteiger partial charge in [0.2, 0.25) is 5.91 Å².